The van der Waals surface area contributed by atoms with E-state index >= 15 is 0 Å². The van der Waals surface area contributed by atoms with Crippen molar-refractivity contribution in [3.05, 3.63) is 0 Å². The lowest BCUT2D eigenvalue weighted by Gasteiger charge is -2.42. The third-order valence-corrected chi connectivity index (χ3v) is 5.45. The van der Waals surface area contributed by atoms with Crippen molar-refractivity contribution in [2.24, 2.45) is 0 Å². The van der Waals surface area contributed by atoms with Crippen LogP contribution in [0.15, 0.2) is 0 Å². The summed E-state index contributed by atoms with van der Waals surface area (Å²) in [6.07, 6.45) is 8.71. The van der Waals surface area contributed by atoms with Crippen LogP contribution in [0, 0.1) is 0 Å². The maximum atomic E-state index is 3.82. The Morgan fingerprint density at radius 3 is 2.00 bits per heavy atom. The highest BCUT2D eigenvalue weighted by molar-refractivity contribution is 4.60. The summed E-state index contributed by atoms with van der Waals surface area (Å²) >= 11 is 0. The van der Waals surface area contributed by atoms with Gasteiger partial charge in [0.2, 0.25) is 0 Å². The Labute approximate surface area is 106 Å². The van der Waals surface area contributed by atoms with Crippen LogP contribution in [0.5, 0.6) is 0 Å². The molecule has 2 spiro atoms. The average molecular weight is 239 g/mol. The van der Waals surface area contributed by atoms with Crippen LogP contribution < -0.4 is 5.43 Å². The molecule has 3 aliphatic rings. The topological polar surface area (TPSA) is 12.0 Å². The highest BCUT2D eigenvalue weighted by atomic mass is 15.7. The van der Waals surface area contributed by atoms with Crippen molar-refractivity contribution < 1.29 is 9.08 Å². The standard InChI is InChI=1S/C14H29N3/c1-3-8-16(9-4-1)10-6-12-17(14-13-16)11-5-2-7-15-17/h15H,1-14H2/q+2. The van der Waals surface area contributed by atoms with E-state index in [1.54, 1.807) is 0 Å². The van der Waals surface area contributed by atoms with Crippen LogP contribution in [-0.2, 0) is 0 Å². The molecule has 98 valence electrons. The number of nitrogens with one attached hydrogen (secondary N) is 1. The Hall–Kier alpha value is -0.120. The van der Waals surface area contributed by atoms with Gasteiger partial charge < -0.3 is 4.48 Å². The SMILES string of the molecule is C1CC[N+]2(CC1)CCC[N+]1(CCCCN1)CC2. The highest BCUT2D eigenvalue weighted by Crippen LogP contribution is 2.24. The molecule has 3 heterocycles. The van der Waals surface area contributed by atoms with E-state index in [2.05, 4.69) is 5.43 Å². The predicted octanol–water partition coefficient (Wildman–Crippen LogP) is 1.51. The number of rotatable bonds is 0. The summed E-state index contributed by atoms with van der Waals surface area (Å²) < 4.78 is 2.71. The Kier molecular flexibility index (Phi) is 3.42. The molecule has 1 N–H and O–H groups in total. The second-order valence-corrected chi connectivity index (χ2v) is 6.58. The summed E-state index contributed by atoms with van der Waals surface area (Å²) in [7, 11) is 0. The van der Waals surface area contributed by atoms with E-state index in [1.807, 2.05) is 0 Å². The van der Waals surface area contributed by atoms with Gasteiger partial charge in [0.1, 0.15) is 19.6 Å². The zero-order valence-corrected chi connectivity index (χ0v) is 11.3. The fourth-order valence-electron chi connectivity index (χ4n) is 4.28. The van der Waals surface area contributed by atoms with Crippen LogP contribution in [0.4, 0.5) is 0 Å². The quantitative estimate of drug-likeness (QED) is 0.632. The fraction of sp³-hybridized carbons (Fsp3) is 1.00. The second-order valence-electron chi connectivity index (χ2n) is 6.58. The molecule has 1 atom stereocenters. The smallest absolute Gasteiger partial charge is 0.146 e. The lowest BCUT2D eigenvalue weighted by molar-refractivity contribution is -0.993. The largest absolute Gasteiger partial charge is 0.319 e. The van der Waals surface area contributed by atoms with Crippen molar-refractivity contribution >= 4 is 0 Å². The molecule has 1 unspecified atom stereocenters. The molecule has 3 aliphatic heterocycles. The summed E-state index contributed by atoms with van der Waals surface area (Å²) in [5.74, 6) is 0. The van der Waals surface area contributed by atoms with E-state index in [-0.39, 0.29) is 0 Å². The summed E-state index contributed by atoms with van der Waals surface area (Å²) in [6.45, 7) is 11.3. The van der Waals surface area contributed by atoms with E-state index in [9.17, 15) is 0 Å². The van der Waals surface area contributed by atoms with Crippen LogP contribution in [0.3, 0.4) is 0 Å². The normalized spacial score (nSPS) is 38.1. The monoisotopic (exact) mass is 239 g/mol. The van der Waals surface area contributed by atoms with Gasteiger partial charge in [-0.05, 0) is 32.1 Å². The zero-order chi connectivity index (χ0) is 11.6. The third kappa shape index (κ3) is 2.51. The maximum absolute atomic E-state index is 3.82. The highest BCUT2D eigenvalue weighted by Gasteiger charge is 2.40. The van der Waals surface area contributed by atoms with Gasteiger partial charge in [0, 0.05) is 13.0 Å². The molecule has 0 radical (unpaired) electrons. The number of piperidine rings is 1. The van der Waals surface area contributed by atoms with Crippen molar-refractivity contribution in [1.82, 2.24) is 5.43 Å². The van der Waals surface area contributed by atoms with Crippen molar-refractivity contribution in [3.8, 4) is 0 Å². The predicted molar refractivity (Wildman–Crippen MR) is 70.3 cm³/mol. The third-order valence-electron chi connectivity index (χ3n) is 5.45. The van der Waals surface area contributed by atoms with E-state index in [1.165, 1.54) is 100.0 Å². The van der Waals surface area contributed by atoms with Gasteiger partial charge in [0.25, 0.3) is 0 Å². The molecular formula is C14H29N3+2. The summed E-state index contributed by atoms with van der Waals surface area (Å²) in [4.78, 5) is 0. The molecule has 3 heteroatoms. The Balaban J connectivity index is 1.66. The van der Waals surface area contributed by atoms with Crippen LogP contribution >= 0.6 is 0 Å². The molecule has 0 saturated carbocycles. The first-order valence-electron chi connectivity index (χ1n) is 7.79. The van der Waals surface area contributed by atoms with E-state index < -0.39 is 0 Å². The van der Waals surface area contributed by atoms with Crippen LogP contribution in [-0.4, -0.2) is 61.4 Å². The van der Waals surface area contributed by atoms with Crippen molar-refractivity contribution in [2.45, 2.75) is 38.5 Å². The Morgan fingerprint density at radius 2 is 1.24 bits per heavy atom. The van der Waals surface area contributed by atoms with E-state index in [0.717, 1.165) is 0 Å². The molecule has 3 rings (SSSR count). The van der Waals surface area contributed by atoms with Crippen molar-refractivity contribution in [2.75, 3.05) is 52.4 Å². The van der Waals surface area contributed by atoms with Gasteiger partial charge >= 0.3 is 0 Å². The van der Waals surface area contributed by atoms with Gasteiger partial charge in [-0.25, -0.2) is 4.59 Å². The summed E-state index contributed by atoms with van der Waals surface area (Å²) in [6, 6.07) is 0. The van der Waals surface area contributed by atoms with Crippen LogP contribution in [0.1, 0.15) is 38.5 Å². The molecule has 3 fully saturated rings. The first-order valence-corrected chi connectivity index (χ1v) is 7.79. The molecular weight excluding hydrogens is 210 g/mol. The lowest BCUT2D eigenvalue weighted by atomic mass is 10.1. The first kappa shape index (κ1) is 11.9. The van der Waals surface area contributed by atoms with Gasteiger partial charge in [-0.1, -0.05) is 0 Å². The minimum Gasteiger partial charge on any atom is -0.319 e. The van der Waals surface area contributed by atoms with Crippen molar-refractivity contribution in [1.29, 1.82) is 0 Å². The molecule has 0 bridgehead atoms. The Bertz CT molecular complexity index is 226. The molecule has 0 amide bonds. The maximum Gasteiger partial charge on any atom is 0.146 e. The van der Waals surface area contributed by atoms with Gasteiger partial charge in [-0.2, -0.15) is 5.43 Å². The number of hydrogen-bond donors (Lipinski definition) is 1. The molecule has 0 aromatic rings. The van der Waals surface area contributed by atoms with Crippen LogP contribution in [0.2, 0.25) is 0 Å². The minimum atomic E-state index is 1.25. The number of quaternary nitrogens is 2. The summed E-state index contributed by atoms with van der Waals surface area (Å²) in [5, 5.41) is 0. The first-order chi connectivity index (χ1) is 8.33. The molecule has 17 heavy (non-hydrogen) atoms. The average Bonchev–Trinajstić information content (AvgIpc) is 2.54. The van der Waals surface area contributed by atoms with Crippen LogP contribution in [0.25, 0.3) is 0 Å². The van der Waals surface area contributed by atoms with E-state index in [4.69, 9.17) is 0 Å². The van der Waals surface area contributed by atoms with Gasteiger partial charge in [-0.3, -0.25) is 0 Å². The molecule has 0 aromatic carbocycles. The minimum absolute atomic E-state index is 1.25. The fourth-order valence-corrected chi connectivity index (χ4v) is 4.28. The lowest BCUT2D eigenvalue weighted by Crippen LogP contribution is -2.63. The summed E-state index contributed by atoms with van der Waals surface area (Å²) in [5.41, 5.74) is 3.82. The van der Waals surface area contributed by atoms with Gasteiger partial charge in [0.15, 0.2) is 0 Å². The molecule has 3 nitrogen and oxygen atoms in total. The van der Waals surface area contributed by atoms with E-state index in [0.29, 0.717) is 0 Å². The molecule has 0 aliphatic carbocycles. The second kappa shape index (κ2) is 4.87. The number of hydrogen-bond acceptors (Lipinski definition) is 1. The molecule has 3 saturated heterocycles. The zero-order valence-electron chi connectivity index (χ0n) is 11.3. The van der Waals surface area contributed by atoms with Crippen molar-refractivity contribution in [3.63, 3.8) is 0 Å². The Morgan fingerprint density at radius 1 is 0.529 bits per heavy atom. The molecule has 0 aromatic heterocycles. The van der Waals surface area contributed by atoms with Gasteiger partial charge in [0.05, 0.1) is 26.2 Å². The van der Waals surface area contributed by atoms with Gasteiger partial charge in [-0.15, -0.1) is 0 Å². The number of nitrogens with zero attached hydrogens (tertiary/aromatic N) is 2.